The molecule has 0 atom stereocenters. The number of anilines is 1. The van der Waals surface area contributed by atoms with Crippen LogP contribution in [0.4, 0.5) is 11.5 Å². The Morgan fingerprint density at radius 1 is 1.42 bits per heavy atom. The van der Waals surface area contributed by atoms with E-state index in [4.69, 9.17) is 5.73 Å². The quantitative estimate of drug-likeness (QED) is 0.662. The van der Waals surface area contributed by atoms with Gasteiger partial charge in [-0.05, 0) is 15.9 Å². The summed E-state index contributed by atoms with van der Waals surface area (Å²) in [6.07, 6.45) is 4.22. The average Bonchev–Trinajstić information content (AvgIpc) is 2.35. The highest BCUT2D eigenvalue weighted by atomic mass is 79.9. The van der Waals surface area contributed by atoms with Gasteiger partial charge in [0.15, 0.2) is 0 Å². The van der Waals surface area contributed by atoms with Crippen LogP contribution in [0.25, 0.3) is 0 Å². The van der Waals surface area contributed by atoms with Crippen molar-refractivity contribution in [3.05, 3.63) is 55.3 Å². The molecule has 0 bridgehead atoms. The maximum absolute atomic E-state index is 11.9. The highest BCUT2D eigenvalue weighted by molar-refractivity contribution is 9.10. The van der Waals surface area contributed by atoms with Crippen LogP contribution in [0.3, 0.4) is 0 Å². The molecule has 2 heterocycles. The molecule has 0 fully saturated rings. The highest BCUT2D eigenvalue weighted by Crippen LogP contribution is 2.14. The van der Waals surface area contributed by atoms with Gasteiger partial charge in [0.2, 0.25) is 0 Å². The Labute approximate surface area is 115 Å². The van der Waals surface area contributed by atoms with Crippen molar-refractivity contribution >= 4 is 27.4 Å². The van der Waals surface area contributed by atoms with Crippen molar-refractivity contribution in [3.8, 4) is 0 Å². The Bertz CT molecular complexity index is 683. The summed E-state index contributed by atoms with van der Waals surface area (Å²) in [6, 6.07) is 1.16. The fraction of sp³-hybridized carbons (Fsp3) is 0.100. The molecule has 0 saturated carbocycles. The van der Waals surface area contributed by atoms with Crippen molar-refractivity contribution in [2.75, 3.05) is 5.73 Å². The zero-order valence-corrected chi connectivity index (χ0v) is 11.1. The average molecular weight is 326 g/mol. The first-order chi connectivity index (χ1) is 8.97. The summed E-state index contributed by atoms with van der Waals surface area (Å²) in [5.41, 5.74) is 4.67. The summed E-state index contributed by atoms with van der Waals surface area (Å²) in [5.74, 6) is 0.260. The van der Waals surface area contributed by atoms with Crippen LogP contribution in [-0.4, -0.2) is 19.5 Å². The first-order valence-electron chi connectivity index (χ1n) is 5.08. The van der Waals surface area contributed by atoms with Crippen molar-refractivity contribution in [2.24, 2.45) is 0 Å². The number of hydrogen-bond acceptors (Lipinski definition) is 6. The summed E-state index contributed by atoms with van der Waals surface area (Å²) in [6.45, 7) is 0.0758. The number of aromatic nitrogens is 3. The topological polar surface area (TPSA) is 117 Å². The van der Waals surface area contributed by atoms with Gasteiger partial charge in [-0.3, -0.25) is 19.9 Å². The van der Waals surface area contributed by atoms with Gasteiger partial charge in [0.25, 0.3) is 0 Å². The third-order valence-electron chi connectivity index (χ3n) is 2.29. The van der Waals surface area contributed by atoms with Gasteiger partial charge in [-0.15, -0.1) is 0 Å². The van der Waals surface area contributed by atoms with E-state index in [1.807, 2.05) is 0 Å². The monoisotopic (exact) mass is 325 g/mol. The molecule has 0 amide bonds. The SMILES string of the molecule is Nc1cnc(Cn2cc(Br)cc([N+](=O)[O-])c2=O)cn1. The van der Waals surface area contributed by atoms with Crippen molar-refractivity contribution < 1.29 is 4.92 Å². The zero-order valence-electron chi connectivity index (χ0n) is 9.49. The lowest BCUT2D eigenvalue weighted by Gasteiger charge is -2.05. The van der Waals surface area contributed by atoms with E-state index in [0.717, 1.165) is 6.07 Å². The Hall–Kier alpha value is -2.29. The zero-order chi connectivity index (χ0) is 14.0. The van der Waals surface area contributed by atoms with Crippen LogP contribution in [-0.2, 0) is 6.54 Å². The number of nitrogen functional groups attached to an aromatic ring is 1. The van der Waals surface area contributed by atoms with Crippen molar-refractivity contribution in [1.82, 2.24) is 14.5 Å². The number of nitro groups is 1. The van der Waals surface area contributed by atoms with Crippen LogP contribution in [0, 0.1) is 10.1 Å². The molecule has 8 nitrogen and oxygen atoms in total. The van der Waals surface area contributed by atoms with E-state index in [9.17, 15) is 14.9 Å². The van der Waals surface area contributed by atoms with Gasteiger partial charge in [-0.1, -0.05) is 0 Å². The molecule has 0 aromatic carbocycles. The summed E-state index contributed by atoms with van der Waals surface area (Å²) >= 11 is 3.12. The van der Waals surface area contributed by atoms with Gasteiger partial charge >= 0.3 is 11.2 Å². The molecule has 19 heavy (non-hydrogen) atoms. The van der Waals surface area contributed by atoms with E-state index in [0.29, 0.717) is 10.2 Å². The van der Waals surface area contributed by atoms with Gasteiger partial charge in [-0.25, -0.2) is 4.98 Å². The number of hydrogen-bond donors (Lipinski definition) is 1. The third-order valence-corrected chi connectivity index (χ3v) is 2.72. The number of halogens is 1. The number of nitrogens with zero attached hydrogens (tertiary/aromatic N) is 4. The second kappa shape index (κ2) is 5.14. The van der Waals surface area contributed by atoms with Crippen LogP contribution in [0.15, 0.2) is 33.9 Å². The van der Waals surface area contributed by atoms with Gasteiger partial charge < -0.3 is 10.3 Å². The standard InChI is InChI=1S/C10H8BrN5O3/c11-6-1-8(16(18)19)10(17)15(4-6)5-7-2-14-9(12)3-13-7/h1-4H,5H2,(H2,12,14). The Morgan fingerprint density at radius 2 is 2.16 bits per heavy atom. The van der Waals surface area contributed by atoms with E-state index in [-0.39, 0.29) is 12.4 Å². The smallest absolute Gasteiger partial charge is 0.335 e. The van der Waals surface area contributed by atoms with Crippen molar-refractivity contribution in [2.45, 2.75) is 6.54 Å². The van der Waals surface area contributed by atoms with Crippen LogP contribution >= 0.6 is 15.9 Å². The van der Waals surface area contributed by atoms with Crippen LogP contribution < -0.4 is 11.3 Å². The molecule has 2 rings (SSSR count). The lowest BCUT2D eigenvalue weighted by Crippen LogP contribution is -2.23. The van der Waals surface area contributed by atoms with E-state index in [1.165, 1.54) is 23.2 Å². The summed E-state index contributed by atoms with van der Waals surface area (Å²) in [7, 11) is 0. The molecule has 9 heteroatoms. The Kier molecular flexibility index (Phi) is 3.56. The minimum atomic E-state index is -0.724. The van der Waals surface area contributed by atoms with Crippen LogP contribution in [0.1, 0.15) is 5.69 Å². The normalized spacial score (nSPS) is 10.4. The largest absolute Gasteiger partial charge is 0.382 e. The van der Waals surface area contributed by atoms with Gasteiger partial charge in [-0.2, -0.15) is 0 Å². The fourth-order valence-corrected chi connectivity index (χ4v) is 1.92. The minimum Gasteiger partial charge on any atom is -0.382 e. The van der Waals surface area contributed by atoms with Gasteiger partial charge in [0, 0.05) is 16.7 Å². The first-order valence-corrected chi connectivity index (χ1v) is 5.87. The lowest BCUT2D eigenvalue weighted by atomic mass is 10.3. The predicted octanol–water partition coefficient (Wildman–Crippen LogP) is 0.940. The summed E-state index contributed by atoms with van der Waals surface area (Å²) < 4.78 is 1.62. The molecule has 98 valence electrons. The third kappa shape index (κ3) is 2.94. The lowest BCUT2D eigenvalue weighted by molar-refractivity contribution is -0.386. The fourth-order valence-electron chi connectivity index (χ4n) is 1.45. The van der Waals surface area contributed by atoms with Crippen LogP contribution in [0.5, 0.6) is 0 Å². The molecule has 0 aliphatic rings. The minimum absolute atomic E-state index is 0.0758. The summed E-state index contributed by atoms with van der Waals surface area (Å²) in [5, 5.41) is 10.8. The summed E-state index contributed by atoms with van der Waals surface area (Å²) in [4.78, 5) is 29.7. The Morgan fingerprint density at radius 3 is 2.74 bits per heavy atom. The molecule has 0 radical (unpaired) electrons. The molecule has 0 unspecified atom stereocenters. The van der Waals surface area contributed by atoms with Crippen molar-refractivity contribution in [1.29, 1.82) is 0 Å². The van der Waals surface area contributed by atoms with Gasteiger partial charge in [0.05, 0.1) is 29.6 Å². The van der Waals surface area contributed by atoms with E-state index in [2.05, 4.69) is 25.9 Å². The molecular weight excluding hydrogens is 318 g/mol. The van der Waals surface area contributed by atoms with Gasteiger partial charge in [0.1, 0.15) is 5.82 Å². The second-order valence-electron chi connectivity index (χ2n) is 3.67. The van der Waals surface area contributed by atoms with E-state index >= 15 is 0 Å². The van der Waals surface area contributed by atoms with E-state index < -0.39 is 16.2 Å². The second-order valence-corrected chi connectivity index (χ2v) is 4.58. The first kappa shape index (κ1) is 13.1. The maximum atomic E-state index is 11.9. The molecule has 0 aliphatic heterocycles. The predicted molar refractivity (Wildman–Crippen MR) is 70.6 cm³/mol. The molecule has 2 N–H and O–H groups in total. The highest BCUT2D eigenvalue weighted by Gasteiger charge is 2.16. The molecular formula is C10H8BrN5O3. The molecule has 2 aromatic rings. The molecule has 0 aliphatic carbocycles. The molecule has 0 saturated heterocycles. The number of rotatable bonds is 3. The van der Waals surface area contributed by atoms with Crippen molar-refractivity contribution in [3.63, 3.8) is 0 Å². The maximum Gasteiger partial charge on any atom is 0.335 e. The molecule has 0 spiro atoms. The molecule has 2 aromatic heterocycles. The number of pyridine rings is 1. The Balaban J connectivity index is 2.43. The number of nitrogens with two attached hydrogens (primary N) is 1. The van der Waals surface area contributed by atoms with Crippen LogP contribution in [0.2, 0.25) is 0 Å². The van der Waals surface area contributed by atoms with E-state index in [1.54, 1.807) is 0 Å².